The Morgan fingerprint density at radius 3 is 2.69 bits per heavy atom. The summed E-state index contributed by atoms with van der Waals surface area (Å²) >= 11 is 1.90. The largest absolute Gasteiger partial charge is 0.364 e. The molecular weight excluding hydrogens is 388 g/mol. The van der Waals surface area contributed by atoms with Crippen molar-refractivity contribution in [3.63, 3.8) is 0 Å². The molecule has 29 heavy (non-hydrogen) atoms. The van der Waals surface area contributed by atoms with Gasteiger partial charge in [-0.15, -0.1) is 0 Å². The summed E-state index contributed by atoms with van der Waals surface area (Å²) in [6, 6.07) is 8.25. The summed E-state index contributed by atoms with van der Waals surface area (Å²) in [5.74, 6) is 3.05. The average Bonchev–Trinajstić information content (AvgIpc) is 3.37. The third kappa shape index (κ3) is 5.51. The van der Waals surface area contributed by atoms with Crippen molar-refractivity contribution in [2.45, 2.75) is 50.8 Å². The van der Waals surface area contributed by atoms with Crippen molar-refractivity contribution in [2.24, 2.45) is 5.92 Å². The van der Waals surface area contributed by atoms with E-state index in [9.17, 15) is 9.59 Å². The Morgan fingerprint density at radius 1 is 1.10 bits per heavy atom. The normalized spacial score (nSPS) is 24.5. The number of imidazole rings is 1. The number of para-hydroxylation sites is 2. The predicted octanol–water partition coefficient (Wildman–Crippen LogP) is 2.38. The van der Waals surface area contributed by atoms with Crippen LogP contribution in [0.25, 0.3) is 11.0 Å². The second-order valence-electron chi connectivity index (χ2n) is 7.88. The molecule has 0 spiro atoms. The Kier molecular flexibility index (Phi) is 6.71. The van der Waals surface area contributed by atoms with Crippen LogP contribution in [0.15, 0.2) is 24.3 Å². The zero-order valence-corrected chi connectivity index (χ0v) is 17.3. The van der Waals surface area contributed by atoms with Gasteiger partial charge in [0.2, 0.25) is 11.8 Å². The van der Waals surface area contributed by atoms with Gasteiger partial charge in [-0.3, -0.25) is 9.59 Å². The third-order valence-corrected chi connectivity index (χ3v) is 6.81. The quantitative estimate of drug-likeness (QED) is 0.644. The standard InChI is InChI=1S/C21H28N4O3S/c26-20(12-28-11-19-24-17-3-1-2-4-18(17)25-19)22-15-7-5-14(6-8-15)21(27)23-16-9-10-29-13-16/h1-4,14-16H,5-13H2,(H,22,26)(H,23,27)(H,24,25). The Bertz CT molecular complexity index is 808. The summed E-state index contributed by atoms with van der Waals surface area (Å²) in [6.45, 7) is 0.283. The lowest BCUT2D eigenvalue weighted by molar-refractivity contribution is -0.127. The first-order valence-electron chi connectivity index (χ1n) is 10.4. The number of hydrogen-bond donors (Lipinski definition) is 3. The molecule has 1 atom stereocenters. The molecule has 2 aromatic rings. The maximum Gasteiger partial charge on any atom is 0.246 e. The van der Waals surface area contributed by atoms with Gasteiger partial charge in [-0.05, 0) is 50.0 Å². The summed E-state index contributed by atoms with van der Waals surface area (Å²) in [5, 5.41) is 6.22. The molecule has 0 radical (unpaired) electrons. The van der Waals surface area contributed by atoms with Crippen LogP contribution in [0, 0.1) is 5.92 Å². The number of ether oxygens (including phenoxy) is 1. The van der Waals surface area contributed by atoms with E-state index in [1.54, 1.807) is 0 Å². The molecule has 1 aliphatic heterocycles. The van der Waals surface area contributed by atoms with Gasteiger partial charge in [0.25, 0.3) is 0 Å². The van der Waals surface area contributed by atoms with Crippen LogP contribution < -0.4 is 10.6 Å². The van der Waals surface area contributed by atoms with Crippen LogP contribution in [0.4, 0.5) is 0 Å². The monoisotopic (exact) mass is 416 g/mol. The van der Waals surface area contributed by atoms with Gasteiger partial charge in [0, 0.05) is 23.8 Å². The van der Waals surface area contributed by atoms with Gasteiger partial charge in [0.05, 0.1) is 11.0 Å². The lowest BCUT2D eigenvalue weighted by Crippen LogP contribution is -2.44. The highest BCUT2D eigenvalue weighted by molar-refractivity contribution is 7.99. The van der Waals surface area contributed by atoms with Crippen molar-refractivity contribution in [3.05, 3.63) is 30.1 Å². The minimum Gasteiger partial charge on any atom is -0.364 e. The fourth-order valence-corrected chi connectivity index (χ4v) is 5.20. The van der Waals surface area contributed by atoms with E-state index in [0.29, 0.717) is 11.9 Å². The van der Waals surface area contributed by atoms with E-state index in [1.165, 1.54) is 0 Å². The molecule has 2 heterocycles. The molecule has 4 rings (SSSR count). The Balaban J connectivity index is 1.13. The van der Waals surface area contributed by atoms with Crippen molar-refractivity contribution in [1.82, 2.24) is 20.6 Å². The maximum atomic E-state index is 12.4. The van der Waals surface area contributed by atoms with Crippen molar-refractivity contribution in [2.75, 3.05) is 18.1 Å². The minimum absolute atomic E-state index is 0.0107. The molecule has 0 bridgehead atoms. The van der Waals surface area contributed by atoms with Crippen LogP contribution >= 0.6 is 11.8 Å². The van der Waals surface area contributed by atoms with Gasteiger partial charge < -0.3 is 20.4 Å². The van der Waals surface area contributed by atoms with Gasteiger partial charge in [-0.2, -0.15) is 11.8 Å². The number of aromatic amines is 1. The summed E-state index contributed by atoms with van der Waals surface area (Å²) in [6.07, 6.45) is 4.42. The van der Waals surface area contributed by atoms with E-state index in [2.05, 4.69) is 20.6 Å². The molecule has 1 saturated heterocycles. The van der Waals surface area contributed by atoms with Gasteiger partial charge in [0.1, 0.15) is 19.0 Å². The van der Waals surface area contributed by atoms with E-state index in [-0.39, 0.29) is 37.0 Å². The molecule has 1 aromatic carbocycles. The second kappa shape index (κ2) is 9.63. The molecule has 1 saturated carbocycles. The van der Waals surface area contributed by atoms with Crippen LogP contribution in [0.2, 0.25) is 0 Å². The van der Waals surface area contributed by atoms with Crippen LogP contribution in [-0.2, 0) is 20.9 Å². The number of carbonyl (C=O) groups excluding carboxylic acids is 2. The number of carbonyl (C=O) groups is 2. The average molecular weight is 417 g/mol. The summed E-state index contributed by atoms with van der Waals surface area (Å²) in [5.41, 5.74) is 1.85. The number of nitrogens with zero attached hydrogens (tertiary/aromatic N) is 1. The first kappa shape index (κ1) is 20.2. The highest BCUT2D eigenvalue weighted by Gasteiger charge is 2.29. The molecule has 156 valence electrons. The van der Waals surface area contributed by atoms with E-state index < -0.39 is 0 Å². The molecule has 1 aromatic heterocycles. The van der Waals surface area contributed by atoms with Crippen molar-refractivity contribution in [3.8, 4) is 0 Å². The molecule has 1 aliphatic carbocycles. The highest BCUT2D eigenvalue weighted by Crippen LogP contribution is 2.25. The smallest absolute Gasteiger partial charge is 0.246 e. The van der Waals surface area contributed by atoms with Crippen LogP contribution in [0.5, 0.6) is 0 Å². The Labute approximate surface area is 174 Å². The lowest BCUT2D eigenvalue weighted by atomic mass is 9.85. The molecule has 2 aliphatic rings. The molecule has 1 unspecified atom stereocenters. The summed E-state index contributed by atoms with van der Waals surface area (Å²) in [4.78, 5) is 32.2. The number of thioether (sulfide) groups is 1. The van der Waals surface area contributed by atoms with Gasteiger partial charge in [-0.1, -0.05) is 12.1 Å². The number of fused-ring (bicyclic) bond motifs is 1. The van der Waals surface area contributed by atoms with Crippen molar-refractivity contribution >= 4 is 34.6 Å². The zero-order valence-electron chi connectivity index (χ0n) is 16.5. The number of hydrogen-bond acceptors (Lipinski definition) is 5. The second-order valence-corrected chi connectivity index (χ2v) is 9.03. The molecule has 2 fully saturated rings. The Morgan fingerprint density at radius 2 is 1.93 bits per heavy atom. The third-order valence-electron chi connectivity index (χ3n) is 5.65. The van der Waals surface area contributed by atoms with Gasteiger partial charge >= 0.3 is 0 Å². The van der Waals surface area contributed by atoms with Crippen LogP contribution in [0.1, 0.15) is 37.9 Å². The minimum atomic E-state index is -0.114. The molecule has 7 nitrogen and oxygen atoms in total. The molecule has 3 N–H and O–H groups in total. The maximum absolute atomic E-state index is 12.4. The summed E-state index contributed by atoms with van der Waals surface area (Å²) in [7, 11) is 0. The first-order valence-corrected chi connectivity index (χ1v) is 11.5. The Hall–Kier alpha value is -2.06. The first-order chi connectivity index (χ1) is 14.2. The van der Waals surface area contributed by atoms with E-state index in [1.807, 2.05) is 36.0 Å². The molecular formula is C21H28N4O3S. The van der Waals surface area contributed by atoms with Gasteiger partial charge in [-0.25, -0.2) is 4.98 Å². The predicted molar refractivity (Wildman–Crippen MR) is 114 cm³/mol. The van der Waals surface area contributed by atoms with E-state index in [0.717, 1.165) is 54.6 Å². The van der Waals surface area contributed by atoms with Crippen molar-refractivity contribution < 1.29 is 14.3 Å². The molecule has 2 amide bonds. The van der Waals surface area contributed by atoms with Crippen LogP contribution in [-0.4, -0.2) is 52.0 Å². The number of amides is 2. The highest BCUT2D eigenvalue weighted by atomic mass is 32.2. The van der Waals surface area contributed by atoms with Crippen LogP contribution in [0.3, 0.4) is 0 Å². The number of aromatic nitrogens is 2. The number of H-pyrrole nitrogens is 1. The fraction of sp³-hybridized carbons (Fsp3) is 0.571. The molecule has 8 heteroatoms. The number of rotatable bonds is 7. The fourth-order valence-electron chi connectivity index (χ4n) is 4.05. The number of nitrogens with one attached hydrogen (secondary N) is 3. The summed E-state index contributed by atoms with van der Waals surface area (Å²) < 4.78 is 5.51. The SMILES string of the molecule is O=C(COCc1nc2ccccc2[nH]1)NC1CCC(C(=O)NC2CCSC2)CC1. The number of benzene rings is 1. The van der Waals surface area contributed by atoms with E-state index in [4.69, 9.17) is 4.74 Å². The topological polar surface area (TPSA) is 96.1 Å². The van der Waals surface area contributed by atoms with E-state index >= 15 is 0 Å². The van der Waals surface area contributed by atoms with Crippen molar-refractivity contribution in [1.29, 1.82) is 0 Å². The zero-order chi connectivity index (χ0) is 20.1. The van der Waals surface area contributed by atoms with Gasteiger partial charge in [0.15, 0.2) is 0 Å². The lowest BCUT2D eigenvalue weighted by Gasteiger charge is -2.29.